The maximum absolute atomic E-state index is 6.25. The standard InChI is InChI=1S/C22H18Cl4N6S/c1-13-9-21(30-32(13)11-14-5-6-18(25)19(26)10-14)28-22(33)27-20-7-8-31(29-20)12-15-16(23)3-2-4-17(15)24/h2-10H,11-12H2,1H3,(H2,27,28,29,30,33). The van der Waals surface area contributed by atoms with Crippen LogP contribution in [0.2, 0.25) is 20.1 Å². The number of nitrogens with one attached hydrogen (secondary N) is 2. The van der Waals surface area contributed by atoms with Gasteiger partial charge >= 0.3 is 0 Å². The van der Waals surface area contributed by atoms with E-state index in [1.165, 1.54) is 0 Å². The van der Waals surface area contributed by atoms with Gasteiger partial charge in [-0.05, 0) is 49.0 Å². The molecule has 0 fully saturated rings. The Hall–Kier alpha value is -2.29. The number of nitrogens with zero attached hydrogens (tertiary/aromatic N) is 4. The van der Waals surface area contributed by atoms with Gasteiger partial charge in [0, 0.05) is 39.6 Å². The topological polar surface area (TPSA) is 59.7 Å². The molecule has 0 saturated heterocycles. The first-order chi connectivity index (χ1) is 15.8. The van der Waals surface area contributed by atoms with E-state index in [0.29, 0.717) is 49.9 Å². The lowest BCUT2D eigenvalue weighted by molar-refractivity contribution is 0.668. The lowest BCUT2D eigenvalue weighted by Gasteiger charge is -2.08. The number of halogens is 4. The molecule has 2 aromatic carbocycles. The van der Waals surface area contributed by atoms with E-state index in [4.69, 9.17) is 58.6 Å². The van der Waals surface area contributed by atoms with Crippen LogP contribution in [0.4, 0.5) is 11.6 Å². The van der Waals surface area contributed by atoms with Crippen LogP contribution in [0.25, 0.3) is 0 Å². The fourth-order valence-electron chi connectivity index (χ4n) is 3.17. The molecule has 0 radical (unpaired) electrons. The van der Waals surface area contributed by atoms with Gasteiger partial charge in [-0.3, -0.25) is 9.36 Å². The number of aromatic nitrogens is 4. The number of hydrogen-bond donors (Lipinski definition) is 2. The van der Waals surface area contributed by atoms with Crippen LogP contribution in [0.5, 0.6) is 0 Å². The predicted molar refractivity (Wildman–Crippen MR) is 140 cm³/mol. The summed E-state index contributed by atoms with van der Waals surface area (Å²) in [6.45, 7) is 2.96. The summed E-state index contributed by atoms with van der Waals surface area (Å²) in [6.07, 6.45) is 1.82. The van der Waals surface area contributed by atoms with Crippen LogP contribution < -0.4 is 10.6 Å². The van der Waals surface area contributed by atoms with E-state index >= 15 is 0 Å². The minimum Gasteiger partial charge on any atom is -0.316 e. The Labute approximate surface area is 216 Å². The lowest BCUT2D eigenvalue weighted by atomic mass is 10.2. The van der Waals surface area contributed by atoms with Crippen molar-refractivity contribution in [1.29, 1.82) is 0 Å². The molecule has 11 heteroatoms. The van der Waals surface area contributed by atoms with Gasteiger partial charge in [0.05, 0.1) is 23.1 Å². The number of anilines is 2. The fourth-order valence-corrected chi connectivity index (χ4v) is 4.21. The lowest BCUT2D eigenvalue weighted by Crippen LogP contribution is -2.20. The number of rotatable bonds is 6. The minimum absolute atomic E-state index is 0.371. The van der Waals surface area contributed by atoms with Crippen LogP contribution in [0, 0.1) is 6.92 Å². The Morgan fingerprint density at radius 1 is 0.848 bits per heavy atom. The quantitative estimate of drug-likeness (QED) is 0.261. The molecule has 4 aromatic rings. The molecule has 0 amide bonds. The van der Waals surface area contributed by atoms with Gasteiger partial charge in [0.2, 0.25) is 0 Å². The first kappa shape index (κ1) is 23.9. The Kier molecular flexibility index (Phi) is 7.46. The molecule has 0 saturated carbocycles. The zero-order chi connectivity index (χ0) is 23.5. The average Bonchev–Trinajstić information content (AvgIpc) is 3.33. The molecule has 0 aliphatic heterocycles. The van der Waals surface area contributed by atoms with Crippen molar-refractivity contribution in [3.05, 3.63) is 91.6 Å². The summed E-state index contributed by atoms with van der Waals surface area (Å²) in [4.78, 5) is 0. The molecule has 0 unspecified atom stereocenters. The highest BCUT2D eigenvalue weighted by Crippen LogP contribution is 2.25. The van der Waals surface area contributed by atoms with E-state index in [-0.39, 0.29) is 0 Å². The van der Waals surface area contributed by atoms with E-state index in [1.807, 2.05) is 48.1 Å². The molecule has 4 rings (SSSR count). The largest absolute Gasteiger partial charge is 0.316 e. The summed E-state index contributed by atoms with van der Waals surface area (Å²) in [5.74, 6) is 1.20. The van der Waals surface area contributed by atoms with Crippen LogP contribution >= 0.6 is 58.6 Å². The summed E-state index contributed by atoms with van der Waals surface area (Å²) in [6, 6.07) is 14.6. The van der Waals surface area contributed by atoms with Crippen molar-refractivity contribution in [2.24, 2.45) is 0 Å². The smallest absolute Gasteiger partial charge is 0.177 e. The van der Waals surface area contributed by atoms with Crippen molar-refractivity contribution in [3.8, 4) is 0 Å². The third kappa shape index (κ3) is 5.99. The first-order valence-corrected chi connectivity index (χ1v) is 11.7. The van der Waals surface area contributed by atoms with Crippen LogP contribution in [0.3, 0.4) is 0 Å². The van der Waals surface area contributed by atoms with Gasteiger partial charge < -0.3 is 10.6 Å². The zero-order valence-electron chi connectivity index (χ0n) is 17.3. The summed E-state index contributed by atoms with van der Waals surface area (Å²) in [5, 5.41) is 17.8. The molecular formula is C22H18Cl4N6S. The average molecular weight is 540 g/mol. The second kappa shape index (κ2) is 10.3. The van der Waals surface area contributed by atoms with Crippen molar-refractivity contribution >= 4 is 75.4 Å². The van der Waals surface area contributed by atoms with E-state index in [1.54, 1.807) is 22.9 Å². The molecule has 2 heterocycles. The monoisotopic (exact) mass is 538 g/mol. The van der Waals surface area contributed by atoms with E-state index in [0.717, 1.165) is 16.8 Å². The summed E-state index contributed by atoms with van der Waals surface area (Å²) in [5.41, 5.74) is 2.76. The molecule has 0 spiro atoms. The van der Waals surface area contributed by atoms with Crippen molar-refractivity contribution in [2.45, 2.75) is 20.0 Å². The molecule has 170 valence electrons. The highest BCUT2D eigenvalue weighted by atomic mass is 35.5. The van der Waals surface area contributed by atoms with Gasteiger partial charge in [-0.25, -0.2) is 0 Å². The number of aryl methyl sites for hydroxylation is 1. The van der Waals surface area contributed by atoms with Gasteiger partial charge in [-0.15, -0.1) is 0 Å². The Balaban J connectivity index is 1.37. The molecule has 0 aliphatic carbocycles. The van der Waals surface area contributed by atoms with Crippen LogP contribution in [-0.4, -0.2) is 24.7 Å². The normalized spacial score (nSPS) is 10.9. The van der Waals surface area contributed by atoms with E-state index < -0.39 is 0 Å². The van der Waals surface area contributed by atoms with Crippen LogP contribution in [0.1, 0.15) is 16.8 Å². The maximum Gasteiger partial charge on any atom is 0.177 e. The van der Waals surface area contributed by atoms with Gasteiger partial charge in [0.15, 0.2) is 16.7 Å². The minimum atomic E-state index is 0.371. The second-order valence-electron chi connectivity index (χ2n) is 7.25. The fraction of sp³-hybridized carbons (Fsp3) is 0.136. The summed E-state index contributed by atoms with van der Waals surface area (Å²) in [7, 11) is 0. The number of benzene rings is 2. The van der Waals surface area contributed by atoms with Gasteiger partial charge in [0.25, 0.3) is 0 Å². The predicted octanol–water partition coefficient (Wildman–Crippen LogP) is 6.91. The highest BCUT2D eigenvalue weighted by molar-refractivity contribution is 7.80. The van der Waals surface area contributed by atoms with Crippen LogP contribution in [0.15, 0.2) is 54.7 Å². The van der Waals surface area contributed by atoms with Crippen molar-refractivity contribution < 1.29 is 0 Å². The second-order valence-corrected chi connectivity index (χ2v) is 9.29. The summed E-state index contributed by atoms with van der Waals surface area (Å²) < 4.78 is 3.58. The Morgan fingerprint density at radius 2 is 1.58 bits per heavy atom. The van der Waals surface area contributed by atoms with E-state index in [2.05, 4.69) is 20.8 Å². The van der Waals surface area contributed by atoms with Crippen molar-refractivity contribution in [3.63, 3.8) is 0 Å². The Morgan fingerprint density at radius 3 is 2.30 bits per heavy atom. The Bertz CT molecular complexity index is 1300. The summed E-state index contributed by atoms with van der Waals surface area (Å²) >= 11 is 30.0. The molecule has 0 atom stereocenters. The SMILES string of the molecule is Cc1cc(NC(=S)Nc2ccn(Cc3c(Cl)cccc3Cl)n2)nn1Cc1ccc(Cl)c(Cl)c1. The zero-order valence-corrected chi connectivity index (χ0v) is 21.2. The van der Waals surface area contributed by atoms with Crippen molar-refractivity contribution in [1.82, 2.24) is 19.6 Å². The molecule has 2 aromatic heterocycles. The molecule has 33 heavy (non-hydrogen) atoms. The maximum atomic E-state index is 6.25. The van der Waals surface area contributed by atoms with Crippen LogP contribution in [-0.2, 0) is 13.1 Å². The van der Waals surface area contributed by atoms with Gasteiger partial charge in [0.1, 0.15) is 0 Å². The highest BCUT2D eigenvalue weighted by Gasteiger charge is 2.10. The third-order valence-corrected chi connectivity index (χ3v) is 6.45. The third-order valence-electron chi connectivity index (χ3n) is 4.80. The molecule has 6 nitrogen and oxygen atoms in total. The molecule has 0 aliphatic rings. The molecule has 2 N–H and O–H groups in total. The van der Waals surface area contributed by atoms with Gasteiger partial charge in [-0.1, -0.05) is 58.5 Å². The number of thiocarbonyl (C=S) groups is 1. The molecular weight excluding hydrogens is 522 g/mol. The van der Waals surface area contributed by atoms with Gasteiger partial charge in [-0.2, -0.15) is 10.2 Å². The number of hydrogen-bond acceptors (Lipinski definition) is 3. The van der Waals surface area contributed by atoms with Crippen molar-refractivity contribution in [2.75, 3.05) is 10.6 Å². The molecule has 0 bridgehead atoms. The van der Waals surface area contributed by atoms with E-state index in [9.17, 15) is 0 Å². The first-order valence-electron chi connectivity index (χ1n) is 9.81.